The zero-order valence-corrected chi connectivity index (χ0v) is 14.4. The van der Waals surface area contributed by atoms with Gasteiger partial charge in [0.15, 0.2) is 0 Å². The molecule has 1 heterocycles. The average Bonchev–Trinajstić information content (AvgIpc) is 2.46. The van der Waals surface area contributed by atoms with Crippen molar-refractivity contribution in [2.45, 2.75) is 65.2 Å². The Bertz CT molecular complexity index is 509. The molecule has 21 heavy (non-hydrogen) atoms. The highest BCUT2D eigenvalue weighted by atomic mass is 15.1. The van der Waals surface area contributed by atoms with Crippen molar-refractivity contribution in [1.29, 1.82) is 0 Å². The van der Waals surface area contributed by atoms with Gasteiger partial charge in [-0.1, -0.05) is 40.7 Å². The first kappa shape index (κ1) is 14.9. The van der Waals surface area contributed by atoms with Gasteiger partial charge in [-0.2, -0.15) is 0 Å². The molecule has 0 spiro atoms. The highest BCUT2D eigenvalue weighted by molar-refractivity contribution is 5.54. The fourth-order valence-electron chi connectivity index (χ4n) is 4.23. The Balaban J connectivity index is 1.92. The lowest BCUT2D eigenvalue weighted by atomic mass is 9.63. The van der Waals surface area contributed by atoms with Crippen LogP contribution in [0.1, 0.15) is 70.9 Å². The quantitative estimate of drug-likeness (QED) is 0.673. The molecule has 1 fully saturated rings. The van der Waals surface area contributed by atoms with Crippen molar-refractivity contribution in [1.82, 2.24) is 0 Å². The van der Waals surface area contributed by atoms with Crippen LogP contribution in [-0.4, -0.2) is 13.1 Å². The topological polar surface area (TPSA) is 3.24 Å². The van der Waals surface area contributed by atoms with Crippen LogP contribution in [0.15, 0.2) is 18.2 Å². The van der Waals surface area contributed by atoms with Crippen LogP contribution < -0.4 is 4.90 Å². The van der Waals surface area contributed by atoms with Crippen LogP contribution in [0.5, 0.6) is 0 Å². The van der Waals surface area contributed by atoms with E-state index in [0.717, 1.165) is 11.8 Å². The minimum Gasteiger partial charge on any atom is -0.372 e. The number of fused-ring (bicyclic) bond motifs is 1. The maximum absolute atomic E-state index is 2.60. The molecule has 0 radical (unpaired) electrons. The summed E-state index contributed by atoms with van der Waals surface area (Å²) in [7, 11) is 0. The van der Waals surface area contributed by atoms with Crippen molar-refractivity contribution in [3.63, 3.8) is 0 Å². The van der Waals surface area contributed by atoms with Crippen molar-refractivity contribution in [2.24, 2.45) is 11.8 Å². The third-order valence-electron chi connectivity index (χ3n) is 6.35. The van der Waals surface area contributed by atoms with E-state index in [1.54, 1.807) is 11.1 Å². The van der Waals surface area contributed by atoms with Crippen molar-refractivity contribution >= 4 is 5.69 Å². The summed E-state index contributed by atoms with van der Waals surface area (Å²) in [5.41, 5.74) is 4.96. The summed E-state index contributed by atoms with van der Waals surface area (Å²) in [5, 5.41) is 0. The molecule has 2 unspecified atom stereocenters. The summed E-state index contributed by atoms with van der Waals surface area (Å²) in [6.45, 7) is 14.5. The van der Waals surface area contributed by atoms with Crippen LogP contribution in [-0.2, 0) is 5.41 Å². The Morgan fingerprint density at radius 2 is 1.71 bits per heavy atom. The Hall–Kier alpha value is -0.980. The summed E-state index contributed by atoms with van der Waals surface area (Å²) >= 11 is 0. The van der Waals surface area contributed by atoms with Crippen LogP contribution >= 0.6 is 0 Å². The molecule has 0 saturated carbocycles. The van der Waals surface area contributed by atoms with E-state index in [1.807, 2.05) is 0 Å². The molecule has 2 atom stereocenters. The van der Waals surface area contributed by atoms with E-state index in [9.17, 15) is 0 Å². The molecule has 1 aliphatic heterocycles. The predicted octanol–water partition coefficient (Wildman–Crippen LogP) is 5.34. The zero-order valence-electron chi connectivity index (χ0n) is 14.4. The third-order valence-corrected chi connectivity index (χ3v) is 6.35. The molecular formula is C20H31N. The molecule has 0 amide bonds. The number of nitrogens with zero attached hydrogens (tertiary/aromatic N) is 1. The van der Waals surface area contributed by atoms with Gasteiger partial charge in [-0.25, -0.2) is 0 Å². The summed E-state index contributed by atoms with van der Waals surface area (Å²) in [5.74, 6) is 2.37. The molecule has 1 aromatic rings. The van der Waals surface area contributed by atoms with Gasteiger partial charge in [0, 0.05) is 18.8 Å². The normalized spacial score (nSPS) is 29.3. The highest BCUT2D eigenvalue weighted by Gasteiger charge is 2.36. The van der Waals surface area contributed by atoms with Gasteiger partial charge in [0.25, 0.3) is 0 Å². The lowest BCUT2D eigenvalue weighted by Gasteiger charge is -2.42. The first-order valence-corrected chi connectivity index (χ1v) is 8.79. The molecule has 2 aliphatic rings. The minimum atomic E-state index is 0.316. The first-order chi connectivity index (χ1) is 9.89. The van der Waals surface area contributed by atoms with Gasteiger partial charge in [0.1, 0.15) is 0 Å². The van der Waals surface area contributed by atoms with Crippen LogP contribution in [0.3, 0.4) is 0 Å². The third kappa shape index (κ3) is 2.60. The maximum atomic E-state index is 2.60. The Morgan fingerprint density at radius 1 is 1.05 bits per heavy atom. The molecule has 1 aliphatic carbocycles. The van der Waals surface area contributed by atoms with E-state index in [-0.39, 0.29) is 0 Å². The number of hydrogen-bond acceptors (Lipinski definition) is 1. The molecule has 3 rings (SSSR count). The van der Waals surface area contributed by atoms with E-state index in [2.05, 4.69) is 57.7 Å². The van der Waals surface area contributed by atoms with Crippen molar-refractivity contribution < 1.29 is 0 Å². The lowest BCUT2D eigenvalue weighted by Crippen LogP contribution is -2.35. The molecule has 0 aromatic heterocycles. The summed E-state index contributed by atoms with van der Waals surface area (Å²) in [6.07, 6.45) is 4.00. The molecule has 0 N–H and O–H groups in total. The molecule has 1 nitrogen and oxygen atoms in total. The highest BCUT2D eigenvalue weighted by Crippen LogP contribution is 2.47. The van der Waals surface area contributed by atoms with Crippen LogP contribution in [0.4, 0.5) is 5.69 Å². The molecular weight excluding hydrogens is 254 g/mol. The summed E-state index contributed by atoms with van der Waals surface area (Å²) in [4.78, 5) is 2.60. The Morgan fingerprint density at radius 3 is 2.38 bits per heavy atom. The van der Waals surface area contributed by atoms with Gasteiger partial charge >= 0.3 is 0 Å². The number of anilines is 1. The van der Waals surface area contributed by atoms with Crippen LogP contribution in [0.25, 0.3) is 0 Å². The minimum absolute atomic E-state index is 0.316. The average molecular weight is 285 g/mol. The standard InChI is InChI=1S/C20H31N/c1-14-8-10-21(11-9-14)17-6-7-19-18(13-17)15(2)12-16(3)20(19,4)5/h6-7,13-16H,8-12H2,1-5H3. The number of rotatable bonds is 1. The van der Waals surface area contributed by atoms with E-state index in [4.69, 9.17) is 0 Å². The van der Waals surface area contributed by atoms with Crippen molar-refractivity contribution in [3.8, 4) is 0 Å². The first-order valence-electron chi connectivity index (χ1n) is 8.79. The van der Waals surface area contributed by atoms with E-state index in [0.29, 0.717) is 11.3 Å². The molecule has 1 aromatic carbocycles. The number of hydrogen-bond donors (Lipinski definition) is 0. The second kappa shape index (κ2) is 5.34. The Labute approximate surface area is 130 Å². The van der Waals surface area contributed by atoms with E-state index in [1.165, 1.54) is 38.0 Å². The molecule has 1 saturated heterocycles. The second-order valence-electron chi connectivity index (χ2n) is 8.20. The monoisotopic (exact) mass is 285 g/mol. The fourth-order valence-corrected chi connectivity index (χ4v) is 4.23. The zero-order chi connectivity index (χ0) is 15.2. The van der Waals surface area contributed by atoms with Crippen molar-refractivity contribution in [3.05, 3.63) is 29.3 Å². The number of benzene rings is 1. The van der Waals surface area contributed by atoms with E-state index >= 15 is 0 Å². The predicted molar refractivity (Wildman–Crippen MR) is 92.3 cm³/mol. The molecule has 1 heteroatoms. The summed E-state index contributed by atoms with van der Waals surface area (Å²) in [6, 6.07) is 7.31. The van der Waals surface area contributed by atoms with Gasteiger partial charge in [-0.3, -0.25) is 0 Å². The molecule has 116 valence electrons. The van der Waals surface area contributed by atoms with Gasteiger partial charge in [0.2, 0.25) is 0 Å². The van der Waals surface area contributed by atoms with Gasteiger partial charge in [-0.05, 0) is 65.7 Å². The van der Waals surface area contributed by atoms with Crippen LogP contribution in [0.2, 0.25) is 0 Å². The SMILES string of the molecule is CC1CCN(c2ccc3c(c2)C(C)CC(C)C3(C)C)CC1. The smallest absolute Gasteiger partial charge is 0.0369 e. The Kier molecular flexibility index (Phi) is 3.80. The van der Waals surface area contributed by atoms with Gasteiger partial charge < -0.3 is 4.90 Å². The number of piperidine rings is 1. The molecule has 0 bridgehead atoms. The van der Waals surface area contributed by atoms with E-state index < -0.39 is 0 Å². The van der Waals surface area contributed by atoms with Crippen molar-refractivity contribution in [2.75, 3.05) is 18.0 Å². The fraction of sp³-hybridized carbons (Fsp3) is 0.700. The second-order valence-corrected chi connectivity index (χ2v) is 8.20. The largest absolute Gasteiger partial charge is 0.372 e. The van der Waals surface area contributed by atoms with Gasteiger partial charge in [-0.15, -0.1) is 0 Å². The maximum Gasteiger partial charge on any atom is 0.0369 e. The lowest BCUT2D eigenvalue weighted by molar-refractivity contribution is 0.281. The van der Waals surface area contributed by atoms with Gasteiger partial charge in [0.05, 0.1) is 0 Å². The summed E-state index contributed by atoms with van der Waals surface area (Å²) < 4.78 is 0. The van der Waals surface area contributed by atoms with Crippen LogP contribution in [0, 0.1) is 11.8 Å².